The Balaban J connectivity index is 2.19. The number of aliphatic hydroxyl groups excluding tert-OH is 4. The van der Waals surface area contributed by atoms with E-state index in [-0.39, 0.29) is 6.61 Å². The van der Waals surface area contributed by atoms with Gasteiger partial charge in [0, 0.05) is 6.54 Å². The zero-order valence-electron chi connectivity index (χ0n) is 7.24. The van der Waals surface area contributed by atoms with Gasteiger partial charge in [-0.05, 0) is 6.42 Å². The van der Waals surface area contributed by atoms with Crippen molar-refractivity contribution in [2.24, 2.45) is 0 Å². The van der Waals surface area contributed by atoms with E-state index in [0.29, 0.717) is 13.0 Å². The molecule has 5 nitrogen and oxygen atoms in total. The summed E-state index contributed by atoms with van der Waals surface area (Å²) in [6, 6.07) is -0.815. The average molecular weight is 189 g/mol. The Hall–Kier alpha value is -0.200. The van der Waals surface area contributed by atoms with E-state index < -0.39 is 30.4 Å². The number of rotatable bonds is 1. The smallest absolute Gasteiger partial charge is 0.0995 e. The van der Waals surface area contributed by atoms with Gasteiger partial charge in [-0.1, -0.05) is 0 Å². The topological polar surface area (TPSA) is 84.2 Å². The van der Waals surface area contributed by atoms with Crippen molar-refractivity contribution in [1.29, 1.82) is 0 Å². The summed E-state index contributed by atoms with van der Waals surface area (Å²) >= 11 is 0. The summed E-state index contributed by atoms with van der Waals surface area (Å²) in [5.74, 6) is 0. The van der Waals surface area contributed by atoms with Crippen molar-refractivity contribution >= 4 is 0 Å². The van der Waals surface area contributed by atoms with Crippen molar-refractivity contribution in [3.8, 4) is 0 Å². The maximum absolute atomic E-state index is 9.58. The van der Waals surface area contributed by atoms with Crippen molar-refractivity contribution in [1.82, 2.24) is 4.90 Å². The molecule has 2 saturated heterocycles. The highest BCUT2D eigenvalue weighted by atomic mass is 16.3. The molecule has 0 aromatic heterocycles. The quantitative estimate of drug-likeness (QED) is 0.367. The van der Waals surface area contributed by atoms with Crippen LogP contribution < -0.4 is 0 Å². The fraction of sp³-hybridized carbons (Fsp3) is 1.00. The van der Waals surface area contributed by atoms with Gasteiger partial charge in [0.25, 0.3) is 0 Å². The number of hydrogen-bond donors (Lipinski definition) is 4. The van der Waals surface area contributed by atoms with E-state index in [1.807, 2.05) is 0 Å². The van der Waals surface area contributed by atoms with Gasteiger partial charge in [0.05, 0.1) is 37.0 Å². The zero-order valence-corrected chi connectivity index (χ0v) is 7.24. The number of nitrogens with zero attached hydrogens (tertiary/aromatic N) is 1. The first kappa shape index (κ1) is 9.36. The first-order valence-electron chi connectivity index (χ1n) is 4.57. The molecule has 0 spiro atoms. The maximum Gasteiger partial charge on any atom is 0.0995 e. The number of fused-ring (bicyclic) bond motifs is 1. The Morgan fingerprint density at radius 1 is 1.15 bits per heavy atom. The van der Waals surface area contributed by atoms with Crippen molar-refractivity contribution in [2.75, 3.05) is 13.2 Å². The van der Waals surface area contributed by atoms with Crippen LogP contribution in [0.2, 0.25) is 0 Å². The SMILES string of the molecule is OC[C@@H]1[C@@H](O)[C@@H](O)[C@H]2[C@H](O)CCN21. The summed E-state index contributed by atoms with van der Waals surface area (Å²) < 4.78 is 0. The van der Waals surface area contributed by atoms with Gasteiger partial charge < -0.3 is 20.4 Å². The van der Waals surface area contributed by atoms with Gasteiger partial charge in [-0.2, -0.15) is 0 Å². The van der Waals surface area contributed by atoms with Crippen LogP contribution in [0.25, 0.3) is 0 Å². The number of hydrogen-bond acceptors (Lipinski definition) is 5. The van der Waals surface area contributed by atoms with Crippen LogP contribution in [0.3, 0.4) is 0 Å². The summed E-state index contributed by atoms with van der Waals surface area (Å²) in [6.45, 7) is 0.451. The molecule has 0 aromatic carbocycles. The molecule has 13 heavy (non-hydrogen) atoms. The van der Waals surface area contributed by atoms with Gasteiger partial charge in [-0.15, -0.1) is 0 Å². The molecule has 5 heteroatoms. The molecule has 0 unspecified atom stereocenters. The molecular weight excluding hydrogens is 174 g/mol. The van der Waals surface area contributed by atoms with Crippen molar-refractivity contribution in [3.05, 3.63) is 0 Å². The lowest BCUT2D eigenvalue weighted by Crippen LogP contribution is -2.39. The summed E-state index contributed by atoms with van der Waals surface area (Å²) in [5.41, 5.74) is 0. The Kier molecular flexibility index (Phi) is 2.29. The van der Waals surface area contributed by atoms with Crippen LogP contribution in [0.15, 0.2) is 0 Å². The van der Waals surface area contributed by atoms with Gasteiger partial charge in [-0.25, -0.2) is 0 Å². The van der Waals surface area contributed by atoms with Gasteiger partial charge in [0.1, 0.15) is 0 Å². The van der Waals surface area contributed by atoms with Crippen molar-refractivity contribution < 1.29 is 20.4 Å². The molecule has 4 N–H and O–H groups in total. The lowest BCUT2D eigenvalue weighted by molar-refractivity contribution is -0.000895. The van der Waals surface area contributed by atoms with E-state index >= 15 is 0 Å². The normalized spacial score (nSPS) is 51.2. The molecule has 0 aromatic rings. The Labute approximate surface area is 76.2 Å². The van der Waals surface area contributed by atoms with E-state index in [4.69, 9.17) is 5.11 Å². The monoisotopic (exact) mass is 189 g/mol. The second-order valence-electron chi connectivity index (χ2n) is 3.82. The number of aliphatic hydroxyl groups is 4. The van der Waals surface area contributed by atoms with Gasteiger partial charge in [0.2, 0.25) is 0 Å². The second kappa shape index (κ2) is 3.18. The average Bonchev–Trinajstić information content (AvgIpc) is 2.57. The summed E-state index contributed by atoms with van der Waals surface area (Å²) in [5, 5.41) is 37.6. The van der Waals surface area contributed by atoms with Crippen LogP contribution in [0, 0.1) is 0 Å². The van der Waals surface area contributed by atoms with Crippen LogP contribution >= 0.6 is 0 Å². The van der Waals surface area contributed by atoms with Gasteiger partial charge >= 0.3 is 0 Å². The van der Waals surface area contributed by atoms with Crippen molar-refractivity contribution in [2.45, 2.75) is 36.8 Å². The van der Waals surface area contributed by atoms with Crippen LogP contribution in [0.5, 0.6) is 0 Å². The molecule has 0 saturated carbocycles. The zero-order chi connectivity index (χ0) is 9.59. The molecule has 2 aliphatic rings. The maximum atomic E-state index is 9.58. The summed E-state index contributed by atoms with van der Waals surface area (Å²) in [4.78, 5) is 1.79. The minimum Gasteiger partial charge on any atom is -0.395 e. The standard InChI is InChI=1S/C8H15NO4/c10-3-4-7(12)8(13)6-5(11)1-2-9(4)6/h4-8,10-13H,1-3H2/t4-,5-,6-,7-,8+/m1/s1. The summed E-state index contributed by atoms with van der Waals surface area (Å²) in [6.07, 6.45) is -1.86. The highest BCUT2D eigenvalue weighted by Gasteiger charge is 2.52. The predicted molar refractivity (Wildman–Crippen MR) is 44.0 cm³/mol. The molecule has 0 amide bonds. The molecule has 0 aliphatic carbocycles. The van der Waals surface area contributed by atoms with Crippen LogP contribution in [0.1, 0.15) is 6.42 Å². The Morgan fingerprint density at radius 3 is 2.46 bits per heavy atom. The van der Waals surface area contributed by atoms with Crippen LogP contribution in [-0.4, -0.2) is 68.9 Å². The first-order chi connectivity index (χ1) is 6.16. The fourth-order valence-electron chi connectivity index (χ4n) is 2.47. The third kappa shape index (κ3) is 1.19. The van der Waals surface area contributed by atoms with Crippen LogP contribution in [-0.2, 0) is 0 Å². The molecular formula is C8H15NO4. The third-order valence-corrected chi connectivity index (χ3v) is 3.17. The highest BCUT2D eigenvalue weighted by molar-refractivity contribution is 5.06. The molecule has 2 fully saturated rings. The van der Waals surface area contributed by atoms with Crippen LogP contribution in [0.4, 0.5) is 0 Å². The fourth-order valence-corrected chi connectivity index (χ4v) is 2.47. The molecule has 76 valence electrons. The highest BCUT2D eigenvalue weighted by Crippen LogP contribution is 2.33. The predicted octanol–water partition coefficient (Wildman–Crippen LogP) is -2.48. The van der Waals surface area contributed by atoms with E-state index in [1.54, 1.807) is 4.90 Å². The van der Waals surface area contributed by atoms with E-state index in [2.05, 4.69) is 0 Å². The third-order valence-electron chi connectivity index (χ3n) is 3.17. The van der Waals surface area contributed by atoms with Gasteiger partial charge in [0.15, 0.2) is 0 Å². The second-order valence-corrected chi connectivity index (χ2v) is 3.82. The largest absolute Gasteiger partial charge is 0.395 e. The molecule has 2 rings (SSSR count). The van der Waals surface area contributed by atoms with E-state index in [9.17, 15) is 15.3 Å². The Morgan fingerprint density at radius 2 is 1.85 bits per heavy atom. The van der Waals surface area contributed by atoms with Gasteiger partial charge in [-0.3, -0.25) is 4.90 Å². The summed E-state index contributed by atoms with van der Waals surface area (Å²) in [7, 11) is 0. The lowest BCUT2D eigenvalue weighted by atomic mass is 10.0. The minimum atomic E-state index is -0.940. The molecule has 5 atom stereocenters. The van der Waals surface area contributed by atoms with Crippen molar-refractivity contribution in [3.63, 3.8) is 0 Å². The minimum absolute atomic E-state index is 0.179. The molecule has 2 heterocycles. The molecule has 2 aliphatic heterocycles. The molecule has 0 bridgehead atoms. The lowest BCUT2D eigenvalue weighted by Gasteiger charge is -2.22. The van der Waals surface area contributed by atoms with E-state index in [1.165, 1.54) is 0 Å². The first-order valence-corrected chi connectivity index (χ1v) is 4.57. The van der Waals surface area contributed by atoms with E-state index in [0.717, 1.165) is 0 Å². The Bertz CT molecular complexity index is 201. The molecule has 0 radical (unpaired) electrons.